The van der Waals surface area contributed by atoms with E-state index in [1.165, 1.54) is 10.6 Å². The van der Waals surface area contributed by atoms with E-state index < -0.39 is 23.3 Å². The van der Waals surface area contributed by atoms with Gasteiger partial charge in [-0.05, 0) is 36.4 Å². The molecule has 0 spiro atoms. The Morgan fingerprint density at radius 3 is 2.46 bits per heavy atom. The normalized spacial score (nSPS) is 11.6. The molecule has 0 radical (unpaired) electrons. The lowest BCUT2D eigenvalue weighted by molar-refractivity contribution is -0.137. The maximum atomic E-state index is 12.5. The topological polar surface area (TPSA) is 68.4 Å². The van der Waals surface area contributed by atoms with Crippen molar-refractivity contribution in [1.29, 1.82) is 0 Å². The zero-order valence-electron chi connectivity index (χ0n) is 12.1. The van der Waals surface area contributed by atoms with Gasteiger partial charge in [0.1, 0.15) is 6.54 Å². The lowest BCUT2D eigenvalue weighted by atomic mass is 10.2. The third-order valence-electron chi connectivity index (χ3n) is 3.28. The van der Waals surface area contributed by atoms with Gasteiger partial charge < -0.3 is 5.32 Å². The molecule has 3 rings (SSSR count). The molecular formula is C15H11F3N4O2. The number of hydrogen-bond acceptors (Lipinski definition) is 3. The highest BCUT2D eigenvalue weighted by atomic mass is 19.4. The Labute approximate surface area is 133 Å². The molecule has 0 fully saturated rings. The van der Waals surface area contributed by atoms with Gasteiger partial charge in [-0.1, -0.05) is 6.07 Å². The predicted molar refractivity (Wildman–Crippen MR) is 79.5 cm³/mol. The van der Waals surface area contributed by atoms with Crippen molar-refractivity contribution < 1.29 is 18.0 Å². The van der Waals surface area contributed by atoms with Crippen molar-refractivity contribution in [3.63, 3.8) is 0 Å². The summed E-state index contributed by atoms with van der Waals surface area (Å²) < 4.78 is 39.7. The molecule has 0 saturated heterocycles. The summed E-state index contributed by atoms with van der Waals surface area (Å²) >= 11 is 0. The molecule has 0 aliphatic carbocycles. The van der Waals surface area contributed by atoms with Gasteiger partial charge >= 0.3 is 11.9 Å². The van der Waals surface area contributed by atoms with Crippen LogP contribution in [0.25, 0.3) is 5.65 Å². The molecule has 1 aromatic carbocycles. The van der Waals surface area contributed by atoms with Gasteiger partial charge in [0.05, 0.1) is 5.56 Å². The fourth-order valence-corrected chi connectivity index (χ4v) is 2.15. The number of anilines is 1. The summed E-state index contributed by atoms with van der Waals surface area (Å²) in [4.78, 5) is 24.0. The van der Waals surface area contributed by atoms with E-state index in [0.29, 0.717) is 5.65 Å². The van der Waals surface area contributed by atoms with Crippen LogP contribution in [-0.2, 0) is 17.5 Å². The van der Waals surface area contributed by atoms with Gasteiger partial charge in [-0.2, -0.15) is 13.2 Å². The highest BCUT2D eigenvalue weighted by Crippen LogP contribution is 2.29. The Hall–Kier alpha value is -3.10. The zero-order chi connectivity index (χ0) is 17.3. The van der Waals surface area contributed by atoms with Gasteiger partial charge in [0, 0.05) is 11.9 Å². The summed E-state index contributed by atoms with van der Waals surface area (Å²) in [6.45, 7) is -0.346. The van der Waals surface area contributed by atoms with Crippen LogP contribution in [0.1, 0.15) is 5.56 Å². The molecule has 0 atom stereocenters. The fourth-order valence-electron chi connectivity index (χ4n) is 2.15. The van der Waals surface area contributed by atoms with Crippen LogP contribution in [0.3, 0.4) is 0 Å². The molecule has 0 saturated carbocycles. The monoisotopic (exact) mass is 336 g/mol. The lowest BCUT2D eigenvalue weighted by Crippen LogP contribution is -2.28. The van der Waals surface area contributed by atoms with E-state index >= 15 is 0 Å². The minimum atomic E-state index is -4.44. The maximum absolute atomic E-state index is 12.5. The zero-order valence-corrected chi connectivity index (χ0v) is 12.1. The fraction of sp³-hybridized carbons (Fsp3) is 0.133. The Balaban J connectivity index is 1.73. The average molecular weight is 336 g/mol. The van der Waals surface area contributed by atoms with Crippen molar-refractivity contribution in [2.24, 2.45) is 0 Å². The van der Waals surface area contributed by atoms with Crippen LogP contribution in [0.5, 0.6) is 0 Å². The van der Waals surface area contributed by atoms with E-state index in [-0.39, 0.29) is 12.2 Å². The number of nitrogens with one attached hydrogen (secondary N) is 1. The summed E-state index contributed by atoms with van der Waals surface area (Å²) in [6.07, 6.45) is -2.92. The van der Waals surface area contributed by atoms with E-state index in [1.54, 1.807) is 18.2 Å². The molecular weight excluding hydrogens is 325 g/mol. The van der Waals surface area contributed by atoms with Crippen molar-refractivity contribution in [1.82, 2.24) is 14.2 Å². The number of rotatable bonds is 3. The van der Waals surface area contributed by atoms with E-state index in [2.05, 4.69) is 10.4 Å². The molecule has 0 aliphatic rings. The second kappa shape index (κ2) is 5.84. The number of nitrogens with zero attached hydrogens (tertiary/aromatic N) is 3. The van der Waals surface area contributed by atoms with E-state index in [1.807, 2.05) is 0 Å². The molecule has 3 aromatic rings. The minimum Gasteiger partial charge on any atom is -0.324 e. The number of pyridine rings is 1. The number of aromatic nitrogens is 3. The SMILES string of the molecule is O=C(Cn1nc2ccccn2c1=O)Nc1ccc(C(F)(F)F)cc1. The lowest BCUT2D eigenvalue weighted by Gasteiger charge is -2.08. The van der Waals surface area contributed by atoms with Gasteiger partial charge in [0.25, 0.3) is 0 Å². The molecule has 2 heterocycles. The third kappa shape index (κ3) is 3.14. The summed E-state index contributed by atoms with van der Waals surface area (Å²) in [5, 5.41) is 6.42. The summed E-state index contributed by atoms with van der Waals surface area (Å²) in [5.41, 5.74) is -0.695. The van der Waals surface area contributed by atoms with Crippen LogP contribution >= 0.6 is 0 Å². The third-order valence-corrected chi connectivity index (χ3v) is 3.28. The Morgan fingerprint density at radius 1 is 1.12 bits per heavy atom. The van der Waals surface area contributed by atoms with Gasteiger partial charge in [-0.15, -0.1) is 5.10 Å². The number of benzene rings is 1. The van der Waals surface area contributed by atoms with Crippen molar-refractivity contribution in [2.45, 2.75) is 12.7 Å². The van der Waals surface area contributed by atoms with Crippen LogP contribution in [0, 0.1) is 0 Å². The summed E-state index contributed by atoms with van der Waals surface area (Å²) in [6, 6.07) is 9.00. The highest BCUT2D eigenvalue weighted by Gasteiger charge is 2.29. The first kappa shape index (κ1) is 15.8. The highest BCUT2D eigenvalue weighted by molar-refractivity contribution is 5.90. The second-order valence-electron chi connectivity index (χ2n) is 4.99. The molecule has 0 aliphatic heterocycles. The largest absolute Gasteiger partial charge is 0.416 e. The molecule has 0 unspecified atom stereocenters. The van der Waals surface area contributed by atoms with Crippen LogP contribution in [0.2, 0.25) is 0 Å². The Morgan fingerprint density at radius 2 is 1.83 bits per heavy atom. The number of carbonyl (C=O) groups excluding carboxylic acids is 1. The minimum absolute atomic E-state index is 0.199. The standard InChI is InChI=1S/C15H11F3N4O2/c16-15(17,18)10-4-6-11(7-5-10)19-13(23)9-22-14(24)21-8-2-1-3-12(21)20-22/h1-8H,9H2,(H,19,23). The molecule has 124 valence electrons. The Kier molecular flexibility index (Phi) is 3.84. The van der Waals surface area contributed by atoms with Gasteiger partial charge in [-0.3, -0.25) is 9.20 Å². The molecule has 1 amide bonds. The molecule has 0 bridgehead atoms. The van der Waals surface area contributed by atoms with E-state index in [4.69, 9.17) is 0 Å². The average Bonchev–Trinajstić information content (AvgIpc) is 2.83. The first-order valence-electron chi connectivity index (χ1n) is 6.86. The molecule has 9 heteroatoms. The summed E-state index contributed by atoms with van der Waals surface area (Å²) in [5.74, 6) is -0.569. The van der Waals surface area contributed by atoms with Crippen molar-refractivity contribution in [2.75, 3.05) is 5.32 Å². The Bertz CT molecular complexity index is 942. The molecule has 24 heavy (non-hydrogen) atoms. The smallest absolute Gasteiger partial charge is 0.324 e. The first-order chi connectivity index (χ1) is 11.3. The number of hydrogen-bond donors (Lipinski definition) is 1. The van der Waals surface area contributed by atoms with Crippen LogP contribution < -0.4 is 11.0 Å². The number of fused-ring (bicyclic) bond motifs is 1. The molecule has 2 aromatic heterocycles. The first-order valence-corrected chi connectivity index (χ1v) is 6.86. The van der Waals surface area contributed by atoms with Gasteiger partial charge in [0.15, 0.2) is 5.65 Å². The molecule has 1 N–H and O–H groups in total. The number of alkyl halides is 3. The van der Waals surface area contributed by atoms with Crippen molar-refractivity contribution >= 4 is 17.2 Å². The number of halogens is 3. The van der Waals surface area contributed by atoms with Crippen LogP contribution in [-0.4, -0.2) is 20.1 Å². The quantitative estimate of drug-likeness (QED) is 0.797. The second-order valence-corrected chi connectivity index (χ2v) is 4.99. The van der Waals surface area contributed by atoms with E-state index in [9.17, 15) is 22.8 Å². The van der Waals surface area contributed by atoms with Crippen molar-refractivity contribution in [3.8, 4) is 0 Å². The molecule has 6 nitrogen and oxygen atoms in total. The summed E-state index contributed by atoms with van der Waals surface area (Å²) in [7, 11) is 0. The maximum Gasteiger partial charge on any atom is 0.416 e. The predicted octanol–water partition coefficient (Wildman–Crippen LogP) is 2.15. The van der Waals surface area contributed by atoms with Gasteiger partial charge in [-0.25, -0.2) is 9.48 Å². The van der Waals surface area contributed by atoms with Crippen LogP contribution in [0.15, 0.2) is 53.5 Å². The van der Waals surface area contributed by atoms with Crippen LogP contribution in [0.4, 0.5) is 18.9 Å². The van der Waals surface area contributed by atoms with Crippen molar-refractivity contribution in [3.05, 3.63) is 64.7 Å². The number of amides is 1. The van der Waals surface area contributed by atoms with Gasteiger partial charge in [0.2, 0.25) is 5.91 Å². The van der Waals surface area contributed by atoms with E-state index in [0.717, 1.165) is 28.9 Å². The number of carbonyl (C=O) groups is 1.